The Morgan fingerprint density at radius 3 is 2.15 bits per heavy atom. The van der Waals surface area contributed by atoms with Gasteiger partial charge in [-0.1, -0.05) is 60.7 Å². The minimum atomic E-state index is -0.436. The number of hydrogen-bond acceptors (Lipinski definition) is 7. The van der Waals surface area contributed by atoms with Gasteiger partial charge in [-0.15, -0.1) is 0 Å². The molecule has 0 aliphatic carbocycles. The molecule has 3 N–H and O–H groups in total. The van der Waals surface area contributed by atoms with Crippen LogP contribution in [0.25, 0.3) is 11.1 Å². The summed E-state index contributed by atoms with van der Waals surface area (Å²) in [4.78, 5) is 45.9. The zero-order chi connectivity index (χ0) is 33.4. The lowest BCUT2D eigenvalue weighted by atomic mass is 9.90. The highest BCUT2D eigenvalue weighted by molar-refractivity contribution is 5.94. The molecule has 250 valence electrons. The highest BCUT2D eigenvalue weighted by atomic mass is 16.6. The number of rotatable bonds is 11. The van der Waals surface area contributed by atoms with Crippen molar-refractivity contribution in [1.29, 1.82) is 0 Å². The van der Waals surface area contributed by atoms with Gasteiger partial charge in [0, 0.05) is 76.1 Å². The highest BCUT2D eigenvalue weighted by Crippen LogP contribution is 2.30. The zero-order valence-corrected chi connectivity index (χ0v) is 27.9. The summed E-state index contributed by atoms with van der Waals surface area (Å²) < 4.78 is 5.78. The Morgan fingerprint density at radius 2 is 1.49 bits per heavy atom. The summed E-state index contributed by atoms with van der Waals surface area (Å²) in [5.41, 5.74) is 9.70. The van der Waals surface area contributed by atoms with E-state index in [0.29, 0.717) is 18.7 Å². The highest BCUT2D eigenvalue weighted by Gasteiger charge is 2.32. The van der Waals surface area contributed by atoms with Crippen LogP contribution in [0, 0.1) is 0 Å². The van der Waals surface area contributed by atoms with Crippen LogP contribution in [0.15, 0.2) is 78.9 Å². The maximum absolute atomic E-state index is 13.2. The SMILES string of the molecule is CN(CCN1CCC(OC(=O)Nc2ccccc2-c2ccccc2)CC1)C(=O)c1ccc(C(C)(C)N2CCN(CC(N)=O)CC2)cc1. The fourth-order valence-electron chi connectivity index (χ4n) is 6.51. The van der Waals surface area contributed by atoms with Crippen molar-refractivity contribution in [2.75, 3.05) is 71.3 Å². The maximum atomic E-state index is 13.2. The number of piperazine rings is 1. The van der Waals surface area contributed by atoms with Crippen molar-refractivity contribution in [3.8, 4) is 11.1 Å². The van der Waals surface area contributed by atoms with E-state index in [1.807, 2.05) is 73.8 Å². The first-order chi connectivity index (χ1) is 22.6. The Morgan fingerprint density at radius 1 is 0.851 bits per heavy atom. The number of likely N-dealkylation sites (N-methyl/N-ethyl adjacent to an activating group) is 1. The van der Waals surface area contributed by atoms with Gasteiger partial charge in [0.05, 0.1) is 12.2 Å². The summed E-state index contributed by atoms with van der Waals surface area (Å²) >= 11 is 0. The molecule has 0 saturated carbocycles. The molecule has 2 fully saturated rings. The lowest BCUT2D eigenvalue weighted by Crippen LogP contribution is -2.54. The predicted octanol–water partition coefficient (Wildman–Crippen LogP) is 4.48. The van der Waals surface area contributed by atoms with E-state index in [2.05, 4.69) is 46.0 Å². The number of amides is 3. The first kappa shape index (κ1) is 34.1. The Kier molecular flexibility index (Phi) is 11.3. The molecule has 3 amide bonds. The Labute approximate surface area is 278 Å². The van der Waals surface area contributed by atoms with Crippen molar-refractivity contribution in [3.63, 3.8) is 0 Å². The van der Waals surface area contributed by atoms with Crippen molar-refractivity contribution in [1.82, 2.24) is 19.6 Å². The number of carbonyl (C=O) groups excluding carboxylic acids is 3. The summed E-state index contributed by atoms with van der Waals surface area (Å²) in [7, 11) is 1.85. The largest absolute Gasteiger partial charge is 0.446 e. The number of hydrogen-bond donors (Lipinski definition) is 2. The summed E-state index contributed by atoms with van der Waals surface area (Å²) in [6.07, 6.45) is 0.928. The third-order valence-electron chi connectivity index (χ3n) is 9.54. The summed E-state index contributed by atoms with van der Waals surface area (Å²) in [6.45, 7) is 11.0. The minimum absolute atomic E-state index is 0.0000894. The van der Waals surface area contributed by atoms with Gasteiger partial charge in [-0.25, -0.2) is 4.79 Å². The molecule has 0 aromatic heterocycles. The van der Waals surface area contributed by atoms with E-state index in [1.54, 1.807) is 4.90 Å². The fraction of sp³-hybridized carbons (Fsp3) is 0.432. The molecule has 0 spiro atoms. The molecule has 10 nitrogen and oxygen atoms in total. The molecule has 2 aliphatic rings. The van der Waals surface area contributed by atoms with Crippen LogP contribution in [0.1, 0.15) is 42.6 Å². The number of nitrogens with two attached hydrogens (primary N) is 1. The molecule has 2 aliphatic heterocycles. The van der Waals surface area contributed by atoms with Crippen LogP contribution in [0.5, 0.6) is 0 Å². The van der Waals surface area contributed by atoms with E-state index in [0.717, 1.165) is 81.0 Å². The Bertz CT molecular complexity index is 1500. The average Bonchev–Trinajstić information content (AvgIpc) is 3.08. The van der Waals surface area contributed by atoms with E-state index in [-0.39, 0.29) is 23.5 Å². The molecule has 10 heteroatoms. The van der Waals surface area contributed by atoms with E-state index in [4.69, 9.17) is 10.5 Å². The normalized spacial score (nSPS) is 16.8. The number of piperidine rings is 1. The van der Waals surface area contributed by atoms with Gasteiger partial charge < -0.3 is 20.3 Å². The molecule has 5 rings (SSSR count). The molecular weight excluding hydrogens is 592 g/mol. The molecule has 0 atom stereocenters. The third-order valence-corrected chi connectivity index (χ3v) is 9.54. The lowest BCUT2D eigenvalue weighted by Gasteiger charge is -2.44. The topological polar surface area (TPSA) is 111 Å². The van der Waals surface area contributed by atoms with E-state index in [1.165, 1.54) is 0 Å². The van der Waals surface area contributed by atoms with Crippen LogP contribution in [-0.2, 0) is 15.1 Å². The fourth-order valence-corrected chi connectivity index (χ4v) is 6.51. The van der Waals surface area contributed by atoms with Crippen LogP contribution in [0.3, 0.4) is 0 Å². The van der Waals surface area contributed by atoms with Gasteiger partial charge in [-0.2, -0.15) is 0 Å². The van der Waals surface area contributed by atoms with Gasteiger partial charge >= 0.3 is 6.09 Å². The summed E-state index contributed by atoms with van der Waals surface area (Å²) in [5, 5.41) is 2.93. The summed E-state index contributed by atoms with van der Waals surface area (Å²) in [6, 6.07) is 25.6. The Hall–Kier alpha value is -4.25. The number of benzene rings is 3. The molecule has 0 bridgehead atoms. The number of nitrogens with one attached hydrogen (secondary N) is 1. The van der Waals surface area contributed by atoms with E-state index in [9.17, 15) is 14.4 Å². The molecular formula is C37H48N6O4. The number of ether oxygens (including phenoxy) is 1. The molecule has 0 radical (unpaired) electrons. The second-order valence-electron chi connectivity index (χ2n) is 13.1. The quantitative estimate of drug-likeness (QED) is 0.318. The number of anilines is 1. The zero-order valence-electron chi connectivity index (χ0n) is 27.9. The van der Waals surface area contributed by atoms with E-state index >= 15 is 0 Å². The summed E-state index contributed by atoms with van der Waals surface area (Å²) in [5.74, 6) is -0.291. The second-order valence-corrected chi connectivity index (χ2v) is 13.1. The van der Waals surface area contributed by atoms with Gasteiger partial charge in [0.15, 0.2) is 0 Å². The number of para-hydroxylation sites is 1. The standard InChI is InChI=1S/C37H48N6O4/c1-37(2,43-25-23-42(24-26-43)27-34(38)44)30-15-13-29(14-16-30)35(45)40(3)21-22-41-19-17-31(18-20-41)47-36(46)39-33-12-8-7-11-32(33)28-9-5-4-6-10-28/h4-16,31H,17-27H2,1-3H3,(H2,38,44)(H,39,46). The Balaban J connectivity index is 1.04. The predicted molar refractivity (Wildman–Crippen MR) is 185 cm³/mol. The third kappa shape index (κ3) is 8.97. The average molecular weight is 641 g/mol. The van der Waals surface area contributed by atoms with Crippen molar-refractivity contribution in [3.05, 3.63) is 90.0 Å². The lowest BCUT2D eigenvalue weighted by molar-refractivity contribution is -0.119. The molecule has 2 saturated heterocycles. The van der Waals surface area contributed by atoms with E-state index < -0.39 is 6.09 Å². The first-order valence-electron chi connectivity index (χ1n) is 16.6. The molecule has 2 heterocycles. The van der Waals surface area contributed by atoms with Crippen LogP contribution in [0.2, 0.25) is 0 Å². The molecule has 47 heavy (non-hydrogen) atoms. The van der Waals surface area contributed by atoms with Gasteiger partial charge in [-0.3, -0.25) is 24.7 Å². The first-order valence-corrected chi connectivity index (χ1v) is 16.6. The van der Waals surface area contributed by atoms with Crippen molar-refractivity contribution in [2.24, 2.45) is 5.73 Å². The van der Waals surface area contributed by atoms with Gasteiger partial charge in [0.1, 0.15) is 6.10 Å². The monoisotopic (exact) mass is 640 g/mol. The smallest absolute Gasteiger partial charge is 0.411 e. The number of nitrogens with zero attached hydrogens (tertiary/aromatic N) is 4. The molecule has 0 unspecified atom stereocenters. The molecule has 3 aromatic carbocycles. The van der Waals surface area contributed by atoms with Crippen molar-refractivity contribution >= 4 is 23.6 Å². The van der Waals surface area contributed by atoms with Gasteiger partial charge in [0.25, 0.3) is 5.91 Å². The number of likely N-dealkylation sites (tertiary alicyclic amines) is 1. The van der Waals surface area contributed by atoms with Crippen molar-refractivity contribution in [2.45, 2.75) is 38.3 Å². The van der Waals surface area contributed by atoms with Gasteiger partial charge in [-0.05, 0) is 56.0 Å². The minimum Gasteiger partial charge on any atom is -0.446 e. The maximum Gasteiger partial charge on any atom is 0.411 e. The van der Waals surface area contributed by atoms with Crippen LogP contribution >= 0.6 is 0 Å². The number of primary amides is 1. The van der Waals surface area contributed by atoms with Crippen LogP contribution in [0.4, 0.5) is 10.5 Å². The second kappa shape index (κ2) is 15.6. The van der Waals surface area contributed by atoms with Gasteiger partial charge in [0.2, 0.25) is 5.91 Å². The van der Waals surface area contributed by atoms with Crippen molar-refractivity contribution < 1.29 is 19.1 Å². The number of carbonyl (C=O) groups is 3. The van der Waals surface area contributed by atoms with Crippen LogP contribution in [-0.4, -0.2) is 110 Å². The molecule has 3 aromatic rings. The van der Waals surface area contributed by atoms with Crippen LogP contribution < -0.4 is 11.1 Å².